The van der Waals surface area contributed by atoms with Crippen molar-refractivity contribution in [2.45, 2.75) is 58.5 Å². The molecule has 0 radical (unpaired) electrons. The van der Waals surface area contributed by atoms with Crippen molar-refractivity contribution < 1.29 is 4.79 Å². The fraction of sp³-hybridized carbons (Fsp3) is 0.423. The van der Waals surface area contributed by atoms with Crippen molar-refractivity contribution in [3.63, 3.8) is 0 Å². The second-order valence-corrected chi connectivity index (χ2v) is 8.97. The molecule has 1 fully saturated rings. The average Bonchev–Trinajstić information content (AvgIpc) is 3.39. The average molecular weight is 430 g/mol. The number of likely N-dealkylation sites (tertiary alicyclic amines) is 1. The zero-order valence-corrected chi connectivity index (χ0v) is 19.0. The Morgan fingerprint density at radius 3 is 2.88 bits per heavy atom. The minimum atomic E-state index is 0.212. The van der Waals surface area contributed by atoms with Crippen LogP contribution in [0.3, 0.4) is 0 Å². The van der Waals surface area contributed by atoms with E-state index in [2.05, 4.69) is 59.9 Å². The summed E-state index contributed by atoms with van der Waals surface area (Å²) < 4.78 is 4.32. The number of rotatable bonds is 6. The van der Waals surface area contributed by atoms with E-state index in [9.17, 15) is 4.79 Å². The molecule has 6 nitrogen and oxygen atoms in total. The number of aromatic nitrogens is 4. The predicted molar refractivity (Wildman–Crippen MR) is 128 cm³/mol. The van der Waals surface area contributed by atoms with Crippen LogP contribution in [-0.2, 0) is 17.9 Å². The third-order valence-electron chi connectivity index (χ3n) is 6.61. The minimum Gasteiger partial charge on any atom is -0.342 e. The van der Waals surface area contributed by atoms with Gasteiger partial charge >= 0.3 is 0 Å². The number of hydrogen-bond donors (Lipinski definition) is 0. The summed E-state index contributed by atoms with van der Waals surface area (Å²) in [5, 5.41) is 5.63. The number of amides is 1. The van der Waals surface area contributed by atoms with Crippen LogP contribution < -0.4 is 0 Å². The molecule has 0 spiro atoms. The largest absolute Gasteiger partial charge is 0.342 e. The summed E-state index contributed by atoms with van der Waals surface area (Å²) in [5.74, 6) is 1.64. The number of para-hydroxylation sites is 2. The highest BCUT2D eigenvalue weighted by molar-refractivity contribution is 5.80. The van der Waals surface area contributed by atoms with E-state index in [1.54, 1.807) is 0 Å². The molecule has 2 aromatic carbocycles. The molecule has 1 atom stereocenters. The van der Waals surface area contributed by atoms with Gasteiger partial charge in [0.05, 0.1) is 29.3 Å². The summed E-state index contributed by atoms with van der Waals surface area (Å²) in [6, 6.07) is 14.7. The molecule has 1 aliphatic heterocycles. The molecule has 2 aromatic heterocycles. The summed E-state index contributed by atoms with van der Waals surface area (Å²) in [4.78, 5) is 20.1. The predicted octanol–water partition coefficient (Wildman–Crippen LogP) is 4.90. The molecular weight excluding hydrogens is 398 g/mol. The number of aryl methyl sites for hydroxylation is 3. The van der Waals surface area contributed by atoms with Crippen molar-refractivity contribution in [2.24, 2.45) is 0 Å². The van der Waals surface area contributed by atoms with E-state index >= 15 is 0 Å². The maximum Gasteiger partial charge on any atom is 0.224 e. The summed E-state index contributed by atoms with van der Waals surface area (Å²) in [5.41, 5.74) is 4.57. The highest BCUT2D eigenvalue weighted by Gasteiger charge is 2.28. The standard InChI is InChI=1S/C26H31N5O/c1-3-13-30-24-9-5-4-8-22(24)28-26(30)20-7-6-14-29(18-20)25(32)12-15-31-23-11-10-19(2)16-21(23)17-27-31/h4-5,8-11,16-17,20H,3,6-7,12-15,18H2,1-2H3. The maximum absolute atomic E-state index is 13.1. The molecular formula is C26H31N5O. The van der Waals surface area contributed by atoms with Gasteiger partial charge < -0.3 is 9.47 Å². The lowest BCUT2D eigenvalue weighted by molar-refractivity contribution is -0.132. The zero-order valence-electron chi connectivity index (χ0n) is 19.0. The van der Waals surface area contributed by atoms with E-state index in [-0.39, 0.29) is 5.91 Å². The molecule has 0 aliphatic carbocycles. The molecule has 5 rings (SSSR count). The van der Waals surface area contributed by atoms with E-state index in [1.807, 2.05) is 21.8 Å². The van der Waals surface area contributed by atoms with Gasteiger partial charge in [0.25, 0.3) is 0 Å². The molecule has 6 heteroatoms. The van der Waals surface area contributed by atoms with Gasteiger partial charge in [-0.05, 0) is 50.5 Å². The number of carbonyl (C=O) groups is 1. The smallest absolute Gasteiger partial charge is 0.224 e. The van der Waals surface area contributed by atoms with Crippen LogP contribution in [0, 0.1) is 6.92 Å². The molecule has 1 saturated heterocycles. The van der Waals surface area contributed by atoms with Gasteiger partial charge in [-0.15, -0.1) is 0 Å². The van der Waals surface area contributed by atoms with Gasteiger partial charge in [0.15, 0.2) is 0 Å². The van der Waals surface area contributed by atoms with Crippen LogP contribution in [0.1, 0.15) is 49.9 Å². The number of fused-ring (bicyclic) bond motifs is 2. The van der Waals surface area contributed by atoms with E-state index in [4.69, 9.17) is 4.98 Å². The molecule has 32 heavy (non-hydrogen) atoms. The molecule has 0 bridgehead atoms. The number of carbonyl (C=O) groups excluding carboxylic acids is 1. The molecule has 0 saturated carbocycles. The highest BCUT2D eigenvalue weighted by atomic mass is 16.2. The van der Waals surface area contributed by atoms with Crippen LogP contribution in [0.2, 0.25) is 0 Å². The van der Waals surface area contributed by atoms with Crippen LogP contribution in [-0.4, -0.2) is 43.2 Å². The Kier molecular flexibility index (Phi) is 5.68. The summed E-state index contributed by atoms with van der Waals surface area (Å²) in [6.07, 6.45) is 5.54. The minimum absolute atomic E-state index is 0.212. The van der Waals surface area contributed by atoms with Crippen molar-refractivity contribution >= 4 is 27.8 Å². The Morgan fingerprint density at radius 1 is 1.12 bits per heavy atom. The second-order valence-electron chi connectivity index (χ2n) is 8.97. The quantitative estimate of drug-likeness (QED) is 0.438. The summed E-state index contributed by atoms with van der Waals surface area (Å²) in [6.45, 7) is 7.46. The first-order valence-electron chi connectivity index (χ1n) is 11.8. The Bertz CT molecular complexity index is 1250. The number of hydrogen-bond acceptors (Lipinski definition) is 3. The number of nitrogens with zero attached hydrogens (tertiary/aromatic N) is 5. The molecule has 1 aliphatic rings. The van der Waals surface area contributed by atoms with Crippen molar-refractivity contribution in [3.05, 3.63) is 60.0 Å². The molecule has 1 amide bonds. The van der Waals surface area contributed by atoms with Crippen molar-refractivity contribution in [3.8, 4) is 0 Å². The Balaban J connectivity index is 1.30. The lowest BCUT2D eigenvalue weighted by Crippen LogP contribution is -2.40. The lowest BCUT2D eigenvalue weighted by atomic mass is 9.96. The number of imidazole rings is 1. The van der Waals surface area contributed by atoms with Crippen LogP contribution in [0.4, 0.5) is 0 Å². The SMILES string of the molecule is CCCn1c(C2CCCN(C(=O)CCn3ncc4cc(C)ccc43)C2)nc2ccccc21. The fourth-order valence-electron chi connectivity index (χ4n) is 5.02. The van der Waals surface area contributed by atoms with E-state index in [0.717, 1.165) is 61.1 Å². The Labute approximate surface area is 188 Å². The number of benzene rings is 2. The molecule has 4 aromatic rings. The van der Waals surface area contributed by atoms with Crippen LogP contribution in [0.5, 0.6) is 0 Å². The van der Waals surface area contributed by atoms with Gasteiger partial charge in [-0.25, -0.2) is 4.98 Å². The fourth-order valence-corrected chi connectivity index (χ4v) is 5.02. The van der Waals surface area contributed by atoms with Gasteiger partial charge in [-0.1, -0.05) is 30.7 Å². The topological polar surface area (TPSA) is 56.0 Å². The van der Waals surface area contributed by atoms with Gasteiger partial charge in [-0.3, -0.25) is 9.48 Å². The third-order valence-corrected chi connectivity index (χ3v) is 6.61. The number of piperidine rings is 1. The Morgan fingerprint density at radius 2 is 2.00 bits per heavy atom. The molecule has 3 heterocycles. The normalized spacial score (nSPS) is 16.8. The molecule has 0 N–H and O–H groups in total. The molecule has 166 valence electrons. The monoisotopic (exact) mass is 429 g/mol. The first-order valence-corrected chi connectivity index (χ1v) is 11.8. The summed E-state index contributed by atoms with van der Waals surface area (Å²) >= 11 is 0. The summed E-state index contributed by atoms with van der Waals surface area (Å²) in [7, 11) is 0. The highest BCUT2D eigenvalue weighted by Crippen LogP contribution is 2.30. The second kappa shape index (κ2) is 8.77. The third kappa shape index (κ3) is 3.90. The van der Waals surface area contributed by atoms with Crippen LogP contribution >= 0.6 is 0 Å². The van der Waals surface area contributed by atoms with Crippen molar-refractivity contribution in [1.29, 1.82) is 0 Å². The molecule has 1 unspecified atom stereocenters. The van der Waals surface area contributed by atoms with E-state index in [1.165, 1.54) is 11.1 Å². The van der Waals surface area contributed by atoms with Gasteiger partial charge in [-0.2, -0.15) is 5.10 Å². The van der Waals surface area contributed by atoms with Crippen LogP contribution in [0.15, 0.2) is 48.7 Å². The van der Waals surface area contributed by atoms with Gasteiger partial charge in [0, 0.05) is 37.4 Å². The van der Waals surface area contributed by atoms with Crippen molar-refractivity contribution in [1.82, 2.24) is 24.2 Å². The van der Waals surface area contributed by atoms with Gasteiger partial charge in [0.1, 0.15) is 5.82 Å². The zero-order chi connectivity index (χ0) is 22.1. The maximum atomic E-state index is 13.1. The van der Waals surface area contributed by atoms with Gasteiger partial charge in [0.2, 0.25) is 5.91 Å². The van der Waals surface area contributed by atoms with E-state index in [0.29, 0.717) is 18.9 Å². The first kappa shape index (κ1) is 20.7. The Hall–Kier alpha value is -3.15. The van der Waals surface area contributed by atoms with Crippen molar-refractivity contribution in [2.75, 3.05) is 13.1 Å². The van der Waals surface area contributed by atoms with Crippen LogP contribution in [0.25, 0.3) is 21.9 Å². The lowest BCUT2D eigenvalue weighted by Gasteiger charge is -2.33. The first-order chi connectivity index (χ1) is 15.6. The van der Waals surface area contributed by atoms with E-state index < -0.39 is 0 Å².